The van der Waals surface area contributed by atoms with Crippen molar-refractivity contribution in [2.45, 2.75) is 0 Å². The van der Waals surface area contributed by atoms with Crippen molar-refractivity contribution in [1.82, 2.24) is 4.98 Å². The molecule has 0 atom stereocenters. The van der Waals surface area contributed by atoms with Gasteiger partial charge in [0, 0.05) is 52.3 Å². The fraction of sp³-hybridized carbons (Fsp3) is 0. The largest absolute Gasteiger partial charge is 0.436 e. The Hall–Kier alpha value is -5.91. The van der Waals surface area contributed by atoms with E-state index in [9.17, 15) is 29.8 Å². The van der Waals surface area contributed by atoms with Crippen molar-refractivity contribution in [3.8, 4) is 11.5 Å². The highest BCUT2D eigenvalue weighted by atomic mass is 16.6. The molecule has 0 bridgehead atoms. The maximum atomic E-state index is 12.6. The number of nitrogens with zero attached hydrogens (tertiary/aromatic N) is 3. The molecule has 5 aromatic rings. The van der Waals surface area contributed by atoms with E-state index in [-0.39, 0.29) is 22.5 Å². The van der Waals surface area contributed by atoms with Gasteiger partial charge < -0.3 is 15.1 Å². The average Bonchev–Trinajstić information content (AvgIpc) is 3.37. The summed E-state index contributed by atoms with van der Waals surface area (Å²) < 4.78 is 5.82. The summed E-state index contributed by atoms with van der Waals surface area (Å²) >= 11 is 0. The van der Waals surface area contributed by atoms with E-state index in [0.717, 1.165) is 0 Å². The molecule has 5 rings (SSSR count). The number of fused-ring (bicyclic) bond motifs is 1. The monoisotopic (exact) mass is 523 g/mol. The summed E-state index contributed by atoms with van der Waals surface area (Å²) in [5.74, 6) is -0.693. The lowest BCUT2D eigenvalue weighted by molar-refractivity contribution is -0.385. The highest BCUT2D eigenvalue weighted by molar-refractivity contribution is 6.05. The standard InChI is InChI=1S/C27H17N5O7/c33-25(17-3-1-5-21(13-17)31(35)36)28-19-9-7-16(8-10-19)27-30-23-15-20(11-12-24(23)39-27)29-26(34)18-4-2-6-22(14-18)32(37)38/h1-15H,(H,28,33)(H,29,34). The van der Waals surface area contributed by atoms with Crippen LogP contribution in [0.5, 0.6) is 0 Å². The number of aromatic nitrogens is 1. The van der Waals surface area contributed by atoms with Crippen LogP contribution in [0.15, 0.2) is 95.4 Å². The maximum absolute atomic E-state index is 12.6. The first-order chi connectivity index (χ1) is 18.8. The third-order valence-electron chi connectivity index (χ3n) is 5.67. The van der Waals surface area contributed by atoms with Gasteiger partial charge in [0.05, 0.1) is 9.85 Å². The van der Waals surface area contributed by atoms with Crippen molar-refractivity contribution in [1.29, 1.82) is 0 Å². The molecule has 12 nitrogen and oxygen atoms in total. The van der Waals surface area contributed by atoms with E-state index in [4.69, 9.17) is 4.42 Å². The molecule has 0 unspecified atom stereocenters. The summed E-state index contributed by atoms with van der Waals surface area (Å²) in [6.07, 6.45) is 0. The van der Waals surface area contributed by atoms with Crippen molar-refractivity contribution in [3.05, 3.63) is 122 Å². The van der Waals surface area contributed by atoms with Crippen LogP contribution < -0.4 is 10.6 Å². The molecule has 1 heterocycles. The van der Waals surface area contributed by atoms with Gasteiger partial charge in [-0.15, -0.1) is 0 Å². The number of nitro benzene ring substituents is 2. The lowest BCUT2D eigenvalue weighted by Gasteiger charge is -2.05. The average molecular weight is 523 g/mol. The van der Waals surface area contributed by atoms with Crippen molar-refractivity contribution in [3.63, 3.8) is 0 Å². The summed E-state index contributed by atoms with van der Waals surface area (Å²) in [4.78, 5) is 50.3. The van der Waals surface area contributed by atoms with Crippen LogP contribution in [-0.2, 0) is 0 Å². The number of oxazole rings is 1. The summed E-state index contributed by atoms with van der Waals surface area (Å²) in [5, 5.41) is 27.3. The van der Waals surface area contributed by atoms with Crippen molar-refractivity contribution in [2.75, 3.05) is 10.6 Å². The molecule has 1 aromatic heterocycles. The molecule has 39 heavy (non-hydrogen) atoms. The number of nitrogens with one attached hydrogen (secondary N) is 2. The second-order valence-electron chi connectivity index (χ2n) is 8.30. The van der Waals surface area contributed by atoms with Gasteiger partial charge in [-0.3, -0.25) is 29.8 Å². The normalized spacial score (nSPS) is 10.7. The Morgan fingerprint density at radius 3 is 1.79 bits per heavy atom. The number of benzene rings is 4. The van der Waals surface area contributed by atoms with Crippen molar-refractivity contribution in [2.24, 2.45) is 0 Å². The zero-order valence-electron chi connectivity index (χ0n) is 19.9. The minimum Gasteiger partial charge on any atom is -0.436 e. The molecule has 0 radical (unpaired) electrons. The molecular weight excluding hydrogens is 506 g/mol. The first kappa shape index (κ1) is 24.8. The Balaban J connectivity index is 1.29. The fourth-order valence-electron chi connectivity index (χ4n) is 3.75. The van der Waals surface area contributed by atoms with Crippen LogP contribution in [0.3, 0.4) is 0 Å². The Bertz CT molecular complexity index is 1760. The van der Waals surface area contributed by atoms with Crippen molar-refractivity contribution >= 4 is 45.7 Å². The summed E-state index contributed by atoms with van der Waals surface area (Å²) in [5.41, 5.74) is 2.40. The van der Waals surface area contributed by atoms with Crippen LogP contribution in [0.1, 0.15) is 20.7 Å². The van der Waals surface area contributed by atoms with Crippen LogP contribution in [-0.4, -0.2) is 26.6 Å². The van der Waals surface area contributed by atoms with Crippen LogP contribution in [0, 0.1) is 20.2 Å². The molecule has 0 spiro atoms. The third-order valence-corrected chi connectivity index (χ3v) is 5.67. The van der Waals surface area contributed by atoms with E-state index in [1.807, 2.05) is 0 Å². The van der Waals surface area contributed by atoms with E-state index >= 15 is 0 Å². The van der Waals surface area contributed by atoms with Gasteiger partial charge in [0.1, 0.15) is 5.52 Å². The molecule has 192 valence electrons. The van der Waals surface area contributed by atoms with Crippen molar-refractivity contribution < 1.29 is 23.9 Å². The zero-order valence-corrected chi connectivity index (χ0v) is 19.9. The smallest absolute Gasteiger partial charge is 0.270 e. The number of rotatable bonds is 7. The minimum absolute atomic E-state index is 0.141. The number of nitro groups is 2. The lowest BCUT2D eigenvalue weighted by Crippen LogP contribution is -2.12. The van der Waals surface area contributed by atoms with Gasteiger partial charge in [-0.05, 0) is 54.6 Å². The topological polar surface area (TPSA) is 171 Å². The lowest BCUT2D eigenvalue weighted by atomic mass is 10.1. The van der Waals surface area contributed by atoms with E-state index in [2.05, 4.69) is 15.6 Å². The highest BCUT2D eigenvalue weighted by Crippen LogP contribution is 2.28. The highest BCUT2D eigenvalue weighted by Gasteiger charge is 2.15. The number of non-ortho nitro benzene ring substituents is 2. The first-order valence-corrected chi connectivity index (χ1v) is 11.4. The van der Waals surface area contributed by atoms with Gasteiger partial charge in [-0.2, -0.15) is 0 Å². The summed E-state index contributed by atoms with van der Waals surface area (Å²) in [6, 6.07) is 22.4. The molecule has 2 amide bonds. The Labute approximate surface area is 219 Å². The zero-order chi connectivity index (χ0) is 27.5. The second kappa shape index (κ2) is 10.2. The van der Waals surface area contributed by atoms with Crippen LogP contribution in [0.4, 0.5) is 22.7 Å². The van der Waals surface area contributed by atoms with Gasteiger partial charge in [-0.1, -0.05) is 12.1 Å². The number of hydrogen-bond donors (Lipinski definition) is 2. The molecule has 0 saturated carbocycles. The fourth-order valence-corrected chi connectivity index (χ4v) is 3.75. The predicted molar refractivity (Wildman–Crippen MR) is 142 cm³/mol. The van der Waals surface area contributed by atoms with E-state index in [0.29, 0.717) is 33.9 Å². The van der Waals surface area contributed by atoms with E-state index in [1.165, 1.54) is 48.5 Å². The molecule has 0 aliphatic carbocycles. The molecule has 0 saturated heterocycles. The molecule has 12 heteroatoms. The molecule has 4 aromatic carbocycles. The number of hydrogen-bond acceptors (Lipinski definition) is 8. The summed E-state index contributed by atoms with van der Waals surface area (Å²) in [7, 11) is 0. The number of amides is 2. The summed E-state index contributed by atoms with van der Waals surface area (Å²) in [6.45, 7) is 0. The van der Waals surface area contributed by atoms with Gasteiger partial charge in [0.2, 0.25) is 5.89 Å². The molecular formula is C27H17N5O7. The van der Waals surface area contributed by atoms with Crippen LogP contribution in [0.2, 0.25) is 0 Å². The molecule has 0 aliphatic rings. The van der Waals surface area contributed by atoms with Crippen LogP contribution >= 0.6 is 0 Å². The predicted octanol–water partition coefficient (Wildman–Crippen LogP) is 5.82. The van der Waals surface area contributed by atoms with Gasteiger partial charge in [0.15, 0.2) is 5.58 Å². The molecule has 0 aliphatic heterocycles. The Morgan fingerprint density at radius 1 is 0.692 bits per heavy atom. The van der Waals surface area contributed by atoms with E-state index < -0.39 is 21.7 Å². The second-order valence-corrected chi connectivity index (χ2v) is 8.30. The minimum atomic E-state index is -0.572. The van der Waals surface area contributed by atoms with Gasteiger partial charge in [-0.25, -0.2) is 4.98 Å². The first-order valence-electron chi connectivity index (χ1n) is 11.4. The molecule has 2 N–H and O–H groups in total. The van der Waals surface area contributed by atoms with Gasteiger partial charge in [0.25, 0.3) is 23.2 Å². The number of carbonyl (C=O) groups excluding carboxylic acids is 2. The SMILES string of the molecule is O=C(Nc1ccc(-c2nc3cc(NC(=O)c4cccc([N+](=O)[O-])c4)ccc3o2)cc1)c1cccc([N+](=O)[O-])c1. The molecule has 0 fully saturated rings. The van der Waals surface area contributed by atoms with E-state index in [1.54, 1.807) is 42.5 Å². The number of anilines is 2. The van der Waals surface area contributed by atoms with Gasteiger partial charge >= 0.3 is 0 Å². The maximum Gasteiger partial charge on any atom is 0.270 e. The Morgan fingerprint density at radius 2 is 1.23 bits per heavy atom. The quantitative estimate of drug-likeness (QED) is 0.199. The third kappa shape index (κ3) is 5.44. The van der Waals surface area contributed by atoms with Crippen LogP contribution in [0.25, 0.3) is 22.6 Å². The number of carbonyl (C=O) groups is 2. The Kier molecular flexibility index (Phi) is 6.49.